The molecule has 0 saturated heterocycles. The lowest BCUT2D eigenvalue weighted by Gasteiger charge is -2.15. The van der Waals surface area contributed by atoms with Gasteiger partial charge in [-0.05, 0) is 54.4 Å². The molecule has 0 atom stereocenters. The molecule has 3 rings (SSSR count). The van der Waals surface area contributed by atoms with Gasteiger partial charge in [-0.1, -0.05) is 11.6 Å². The average molecular weight is 421 g/mol. The highest BCUT2D eigenvalue weighted by atomic mass is 35.5. The number of hydrogen-bond acceptors (Lipinski definition) is 4. The monoisotopic (exact) mass is 420 g/mol. The summed E-state index contributed by atoms with van der Waals surface area (Å²) in [6, 6.07) is 9.06. The van der Waals surface area contributed by atoms with E-state index in [2.05, 4.69) is 20.6 Å². The average Bonchev–Trinajstić information content (AvgIpc) is 2.68. The van der Waals surface area contributed by atoms with Gasteiger partial charge in [0.25, 0.3) is 5.91 Å². The van der Waals surface area contributed by atoms with E-state index in [1.807, 2.05) is 0 Å². The van der Waals surface area contributed by atoms with E-state index < -0.39 is 23.2 Å². The predicted molar refractivity (Wildman–Crippen MR) is 104 cm³/mol. The minimum Gasteiger partial charge on any atom is -0.348 e. The lowest BCUT2D eigenvalue weighted by Crippen LogP contribution is -2.26. The van der Waals surface area contributed by atoms with E-state index in [-0.39, 0.29) is 12.4 Å². The Labute approximate surface area is 170 Å². The molecule has 3 aromatic rings. The Morgan fingerprint density at radius 3 is 2.52 bits per heavy atom. The Hall–Kier alpha value is -3.13. The molecule has 150 valence electrons. The maximum atomic E-state index is 13.6. The van der Waals surface area contributed by atoms with Crippen molar-refractivity contribution in [2.45, 2.75) is 19.6 Å². The van der Waals surface area contributed by atoms with E-state index in [4.69, 9.17) is 11.6 Å². The third-order valence-corrected chi connectivity index (χ3v) is 4.34. The van der Waals surface area contributed by atoms with Crippen LogP contribution in [0.15, 0.2) is 55.0 Å². The second-order valence-corrected chi connectivity index (χ2v) is 6.67. The second-order valence-electron chi connectivity index (χ2n) is 6.24. The lowest BCUT2D eigenvalue weighted by atomic mass is 10.1. The normalized spacial score (nSPS) is 11.2. The molecule has 0 unspecified atom stereocenters. The van der Waals surface area contributed by atoms with Crippen LogP contribution >= 0.6 is 11.6 Å². The molecule has 0 aliphatic rings. The van der Waals surface area contributed by atoms with Gasteiger partial charge in [0.15, 0.2) is 0 Å². The topological polar surface area (TPSA) is 66.9 Å². The summed E-state index contributed by atoms with van der Waals surface area (Å²) in [5.41, 5.74) is 0.391. The van der Waals surface area contributed by atoms with E-state index in [9.17, 15) is 18.0 Å². The van der Waals surface area contributed by atoms with E-state index in [1.54, 1.807) is 37.3 Å². The molecule has 9 heteroatoms. The Morgan fingerprint density at radius 2 is 1.86 bits per heavy atom. The van der Waals surface area contributed by atoms with Gasteiger partial charge in [0.1, 0.15) is 5.82 Å². The van der Waals surface area contributed by atoms with E-state index >= 15 is 0 Å². The molecule has 2 heterocycles. The first kappa shape index (κ1) is 20.6. The van der Waals surface area contributed by atoms with Gasteiger partial charge >= 0.3 is 6.18 Å². The van der Waals surface area contributed by atoms with Gasteiger partial charge in [-0.25, -0.2) is 4.98 Å². The third-order valence-electron chi connectivity index (χ3n) is 4.11. The van der Waals surface area contributed by atoms with Crippen molar-refractivity contribution in [2.75, 3.05) is 5.32 Å². The zero-order valence-electron chi connectivity index (χ0n) is 15.2. The maximum Gasteiger partial charge on any atom is 0.417 e. The number of aromatic nitrogens is 2. The van der Waals surface area contributed by atoms with Gasteiger partial charge in [-0.15, -0.1) is 0 Å². The highest BCUT2D eigenvalue weighted by Gasteiger charge is 2.36. The van der Waals surface area contributed by atoms with E-state index in [1.165, 1.54) is 12.4 Å². The molecule has 5 nitrogen and oxygen atoms in total. The summed E-state index contributed by atoms with van der Waals surface area (Å²) in [6.45, 7) is 1.84. The van der Waals surface area contributed by atoms with Crippen molar-refractivity contribution < 1.29 is 18.0 Å². The number of amides is 1. The number of rotatable bonds is 5. The number of halogens is 4. The fraction of sp³-hybridized carbons (Fsp3) is 0.150. The highest BCUT2D eigenvalue weighted by molar-refractivity contribution is 6.30. The van der Waals surface area contributed by atoms with Crippen LogP contribution in [-0.4, -0.2) is 15.9 Å². The van der Waals surface area contributed by atoms with Crippen LogP contribution in [0.5, 0.6) is 0 Å². The molecule has 0 bridgehead atoms. The lowest BCUT2D eigenvalue weighted by molar-refractivity contribution is -0.137. The number of anilines is 2. The first-order valence-corrected chi connectivity index (χ1v) is 8.89. The van der Waals surface area contributed by atoms with Crippen molar-refractivity contribution in [2.24, 2.45) is 0 Å². The van der Waals surface area contributed by atoms with Crippen molar-refractivity contribution >= 4 is 29.0 Å². The molecule has 0 fully saturated rings. The van der Waals surface area contributed by atoms with Crippen molar-refractivity contribution in [3.63, 3.8) is 0 Å². The molecule has 1 aromatic carbocycles. The first-order valence-electron chi connectivity index (χ1n) is 8.51. The molecule has 2 N–H and O–H groups in total. The number of benzene rings is 1. The quantitative estimate of drug-likeness (QED) is 0.600. The number of carbonyl (C=O) groups excluding carboxylic acids is 1. The predicted octanol–water partition coefficient (Wildman–Crippen LogP) is 5.13. The summed E-state index contributed by atoms with van der Waals surface area (Å²) in [5.74, 6) is -0.899. The van der Waals surface area contributed by atoms with Crippen LogP contribution in [0, 0.1) is 6.92 Å². The number of pyridine rings is 2. The van der Waals surface area contributed by atoms with Crippen LogP contribution in [0.3, 0.4) is 0 Å². The molecule has 0 aliphatic carbocycles. The molecule has 0 saturated carbocycles. The van der Waals surface area contributed by atoms with Gasteiger partial charge < -0.3 is 10.6 Å². The van der Waals surface area contributed by atoms with Crippen LogP contribution in [0.4, 0.5) is 24.7 Å². The van der Waals surface area contributed by atoms with Crippen molar-refractivity contribution in [1.29, 1.82) is 0 Å². The van der Waals surface area contributed by atoms with E-state index in [0.29, 0.717) is 16.3 Å². The SMILES string of the molecule is Cc1cc(Cl)ccc1Nc1cc(C(F)(F)F)c(C(=O)NCc2ccncc2)cn1. The van der Waals surface area contributed by atoms with Crippen LogP contribution in [0.1, 0.15) is 27.0 Å². The van der Waals surface area contributed by atoms with Crippen molar-refractivity contribution in [3.05, 3.63) is 82.3 Å². The van der Waals surface area contributed by atoms with Gasteiger partial charge in [0, 0.05) is 35.8 Å². The number of nitrogens with zero attached hydrogens (tertiary/aromatic N) is 2. The summed E-state index contributed by atoms with van der Waals surface area (Å²) in [5, 5.41) is 5.81. The van der Waals surface area contributed by atoms with Gasteiger partial charge in [-0.3, -0.25) is 9.78 Å². The molecule has 0 spiro atoms. The largest absolute Gasteiger partial charge is 0.417 e. The molecular weight excluding hydrogens is 405 g/mol. The minimum absolute atomic E-state index is 0.0339. The molecule has 0 aliphatic heterocycles. The maximum absolute atomic E-state index is 13.6. The van der Waals surface area contributed by atoms with Crippen molar-refractivity contribution in [3.8, 4) is 0 Å². The number of aryl methyl sites for hydroxylation is 1. The Morgan fingerprint density at radius 1 is 1.14 bits per heavy atom. The Balaban J connectivity index is 1.85. The Kier molecular flexibility index (Phi) is 6.03. The number of carbonyl (C=O) groups is 1. The number of alkyl halides is 3. The smallest absolute Gasteiger partial charge is 0.348 e. The summed E-state index contributed by atoms with van der Waals surface area (Å²) in [6.07, 6.45) is -0.747. The minimum atomic E-state index is -4.72. The summed E-state index contributed by atoms with van der Waals surface area (Å²) < 4.78 is 40.7. The molecule has 0 radical (unpaired) electrons. The standard InChI is InChI=1S/C20H16ClF3N4O/c1-12-8-14(21)2-3-17(12)28-18-9-16(20(22,23)24)15(11-26-18)19(29)27-10-13-4-6-25-7-5-13/h2-9,11H,10H2,1H3,(H,26,28)(H,27,29). The number of nitrogens with one attached hydrogen (secondary N) is 2. The zero-order chi connectivity index (χ0) is 21.0. The molecule has 2 aromatic heterocycles. The summed E-state index contributed by atoms with van der Waals surface area (Å²) in [4.78, 5) is 20.2. The second kappa shape index (κ2) is 8.48. The summed E-state index contributed by atoms with van der Waals surface area (Å²) in [7, 11) is 0. The van der Waals surface area contributed by atoms with E-state index in [0.717, 1.165) is 17.8 Å². The first-order chi connectivity index (χ1) is 13.7. The molecular formula is C20H16ClF3N4O. The van der Waals surface area contributed by atoms with Gasteiger partial charge in [-0.2, -0.15) is 13.2 Å². The number of hydrogen-bond donors (Lipinski definition) is 2. The van der Waals surface area contributed by atoms with Gasteiger partial charge in [0.05, 0.1) is 11.1 Å². The van der Waals surface area contributed by atoms with Crippen LogP contribution < -0.4 is 10.6 Å². The van der Waals surface area contributed by atoms with Crippen LogP contribution in [-0.2, 0) is 12.7 Å². The zero-order valence-corrected chi connectivity index (χ0v) is 16.0. The van der Waals surface area contributed by atoms with Crippen LogP contribution in [0.25, 0.3) is 0 Å². The molecule has 29 heavy (non-hydrogen) atoms. The summed E-state index contributed by atoms with van der Waals surface area (Å²) >= 11 is 5.89. The van der Waals surface area contributed by atoms with Crippen LogP contribution in [0.2, 0.25) is 5.02 Å². The fourth-order valence-electron chi connectivity index (χ4n) is 2.62. The molecule has 1 amide bonds. The fourth-order valence-corrected chi connectivity index (χ4v) is 2.85. The van der Waals surface area contributed by atoms with Crippen molar-refractivity contribution in [1.82, 2.24) is 15.3 Å². The Bertz CT molecular complexity index is 1030. The third kappa shape index (κ3) is 5.23. The highest BCUT2D eigenvalue weighted by Crippen LogP contribution is 2.34. The van der Waals surface area contributed by atoms with Gasteiger partial charge in [0.2, 0.25) is 0 Å².